The van der Waals surface area contributed by atoms with E-state index >= 15 is 0 Å². The summed E-state index contributed by atoms with van der Waals surface area (Å²) in [6.45, 7) is 0. The van der Waals surface area contributed by atoms with Gasteiger partial charge in [-0.15, -0.1) is 0 Å². The third kappa shape index (κ3) is 1.67. The van der Waals surface area contributed by atoms with Crippen molar-refractivity contribution in [3.05, 3.63) is 23.8 Å². The van der Waals surface area contributed by atoms with Crippen molar-refractivity contribution in [1.82, 2.24) is 4.98 Å². The molecule has 1 heterocycles. The van der Waals surface area contributed by atoms with Gasteiger partial charge in [-0.3, -0.25) is 0 Å². The fourth-order valence-electron chi connectivity index (χ4n) is 1.26. The summed E-state index contributed by atoms with van der Waals surface area (Å²) in [5.41, 5.74) is 7.03. The Morgan fingerprint density at radius 1 is 1.57 bits per heavy atom. The van der Waals surface area contributed by atoms with Crippen LogP contribution in [0.5, 0.6) is 0 Å². The van der Waals surface area contributed by atoms with Crippen molar-refractivity contribution >= 4 is 32.7 Å². The predicted octanol–water partition coefficient (Wildman–Crippen LogP) is 0.171. The summed E-state index contributed by atoms with van der Waals surface area (Å²) in [5.74, 6) is -1.08. The Labute approximate surface area is 84.0 Å². The molecule has 1 aromatic carbocycles. The van der Waals surface area contributed by atoms with Gasteiger partial charge in [-0.05, 0) is 17.7 Å². The zero-order valence-electron chi connectivity index (χ0n) is 7.19. The molecule has 0 spiro atoms. The molecule has 0 unspecified atom stereocenters. The third-order valence-corrected chi connectivity index (χ3v) is 2.67. The summed E-state index contributed by atoms with van der Waals surface area (Å²) < 4.78 is 0.904. The highest BCUT2D eigenvalue weighted by molar-refractivity contribution is 7.22. The van der Waals surface area contributed by atoms with Gasteiger partial charge in [-0.25, -0.2) is 4.98 Å². The van der Waals surface area contributed by atoms with E-state index in [9.17, 15) is 9.90 Å². The van der Waals surface area contributed by atoms with Crippen molar-refractivity contribution in [2.24, 2.45) is 0 Å². The molecule has 2 rings (SSSR count). The standard InChI is InChI=1S/C9H8N2O2S/c10-9-11-6-2-1-5(4-8(12)13)3-7(6)14-9/h1-3H,4H2,(H2,10,11)(H,12,13)/p-1. The van der Waals surface area contributed by atoms with Crippen LogP contribution in [0.25, 0.3) is 10.2 Å². The summed E-state index contributed by atoms with van der Waals surface area (Å²) in [7, 11) is 0. The van der Waals surface area contributed by atoms with E-state index in [1.165, 1.54) is 11.3 Å². The molecule has 0 atom stereocenters. The molecule has 0 aliphatic rings. The van der Waals surface area contributed by atoms with Crippen molar-refractivity contribution in [2.75, 3.05) is 5.73 Å². The monoisotopic (exact) mass is 207 g/mol. The minimum atomic E-state index is -1.08. The molecule has 1 aromatic heterocycles. The summed E-state index contributed by atoms with van der Waals surface area (Å²) in [6, 6.07) is 5.26. The van der Waals surface area contributed by atoms with E-state index in [1.807, 2.05) is 0 Å². The van der Waals surface area contributed by atoms with Crippen LogP contribution in [0, 0.1) is 0 Å². The number of fused-ring (bicyclic) bond motifs is 1. The number of carboxylic acids is 1. The van der Waals surface area contributed by atoms with Crippen molar-refractivity contribution in [3.8, 4) is 0 Å². The second-order valence-corrected chi connectivity index (χ2v) is 3.97. The number of hydrogen-bond donors (Lipinski definition) is 1. The topological polar surface area (TPSA) is 79.0 Å². The Bertz CT molecular complexity index is 493. The molecule has 0 saturated heterocycles. The van der Waals surface area contributed by atoms with Gasteiger partial charge >= 0.3 is 0 Å². The number of hydrogen-bond acceptors (Lipinski definition) is 5. The quantitative estimate of drug-likeness (QED) is 0.761. The Morgan fingerprint density at radius 2 is 2.36 bits per heavy atom. The molecule has 5 heteroatoms. The first-order valence-electron chi connectivity index (χ1n) is 4.00. The van der Waals surface area contributed by atoms with Gasteiger partial charge in [0.2, 0.25) is 0 Å². The van der Waals surface area contributed by atoms with Crippen LogP contribution in [-0.4, -0.2) is 11.0 Å². The molecule has 0 amide bonds. The van der Waals surface area contributed by atoms with E-state index in [-0.39, 0.29) is 6.42 Å². The van der Waals surface area contributed by atoms with Crippen LogP contribution in [0.2, 0.25) is 0 Å². The van der Waals surface area contributed by atoms with E-state index in [4.69, 9.17) is 5.73 Å². The Balaban J connectivity index is 2.45. The highest BCUT2D eigenvalue weighted by atomic mass is 32.1. The highest BCUT2D eigenvalue weighted by Gasteiger charge is 2.01. The van der Waals surface area contributed by atoms with Gasteiger partial charge in [0.05, 0.1) is 10.2 Å². The number of aromatic nitrogens is 1. The fourth-order valence-corrected chi connectivity index (χ4v) is 2.06. The molecule has 0 saturated carbocycles. The van der Waals surface area contributed by atoms with E-state index in [0.717, 1.165) is 10.2 Å². The number of benzene rings is 1. The largest absolute Gasteiger partial charge is 0.550 e. The minimum absolute atomic E-state index is 0.0757. The number of rotatable bonds is 2. The smallest absolute Gasteiger partial charge is 0.181 e. The average molecular weight is 207 g/mol. The number of aliphatic carboxylic acids is 1. The molecule has 14 heavy (non-hydrogen) atoms. The van der Waals surface area contributed by atoms with E-state index in [1.54, 1.807) is 18.2 Å². The molecule has 0 bridgehead atoms. The van der Waals surface area contributed by atoms with Gasteiger partial charge in [0.15, 0.2) is 5.13 Å². The molecule has 0 fully saturated rings. The number of carbonyl (C=O) groups excluding carboxylic acids is 1. The van der Waals surface area contributed by atoms with Crippen molar-refractivity contribution in [2.45, 2.75) is 6.42 Å². The van der Waals surface area contributed by atoms with Crippen molar-refractivity contribution in [1.29, 1.82) is 0 Å². The zero-order valence-corrected chi connectivity index (χ0v) is 8.00. The first kappa shape index (κ1) is 8.96. The van der Waals surface area contributed by atoms with Gasteiger partial charge in [0, 0.05) is 12.4 Å². The molecule has 2 aromatic rings. The molecule has 2 N–H and O–H groups in total. The maximum absolute atomic E-state index is 10.4. The molecular weight excluding hydrogens is 200 g/mol. The predicted molar refractivity (Wildman–Crippen MR) is 52.7 cm³/mol. The maximum Gasteiger partial charge on any atom is 0.181 e. The normalized spacial score (nSPS) is 10.6. The Kier molecular flexibility index (Phi) is 2.09. The number of nitrogens with zero attached hydrogens (tertiary/aromatic N) is 1. The van der Waals surface area contributed by atoms with Crippen molar-refractivity contribution < 1.29 is 9.90 Å². The first-order chi connectivity index (χ1) is 6.65. The molecule has 0 aliphatic heterocycles. The summed E-state index contributed by atoms with van der Waals surface area (Å²) in [6.07, 6.45) is -0.0757. The summed E-state index contributed by atoms with van der Waals surface area (Å²) in [5, 5.41) is 10.9. The van der Waals surface area contributed by atoms with Crippen LogP contribution < -0.4 is 10.8 Å². The van der Waals surface area contributed by atoms with E-state index in [2.05, 4.69) is 4.98 Å². The van der Waals surface area contributed by atoms with Crippen LogP contribution in [-0.2, 0) is 11.2 Å². The number of thiazole rings is 1. The van der Waals surface area contributed by atoms with E-state index < -0.39 is 5.97 Å². The molecule has 0 radical (unpaired) electrons. The van der Waals surface area contributed by atoms with Gasteiger partial charge < -0.3 is 15.6 Å². The lowest BCUT2D eigenvalue weighted by atomic mass is 10.1. The highest BCUT2D eigenvalue weighted by Crippen LogP contribution is 2.24. The van der Waals surface area contributed by atoms with Gasteiger partial charge in [-0.2, -0.15) is 0 Å². The Morgan fingerprint density at radius 3 is 3.07 bits per heavy atom. The van der Waals surface area contributed by atoms with Crippen LogP contribution in [0.4, 0.5) is 5.13 Å². The van der Waals surface area contributed by atoms with Crippen LogP contribution in [0.1, 0.15) is 5.56 Å². The number of carbonyl (C=O) groups is 1. The number of nitrogens with two attached hydrogens (primary N) is 1. The lowest BCUT2D eigenvalue weighted by Crippen LogP contribution is -2.24. The SMILES string of the molecule is Nc1nc2ccc(CC(=O)[O-])cc2s1. The minimum Gasteiger partial charge on any atom is -0.550 e. The summed E-state index contributed by atoms with van der Waals surface area (Å²) in [4.78, 5) is 14.4. The number of carboxylic acid groups (broad SMARTS) is 1. The molecule has 4 nitrogen and oxygen atoms in total. The van der Waals surface area contributed by atoms with Crippen LogP contribution >= 0.6 is 11.3 Å². The zero-order chi connectivity index (χ0) is 10.1. The fraction of sp³-hybridized carbons (Fsp3) is 0.111. The lowest BCUT2D eigenvalue weighted by molar-refractivity contribution is -0.304. The lowest BCUT2D eigenvalue weighted by Gasteiger charge is -2.01. The van der Waals surface area contributed by atoms with Gasteiger partial charge in [0.1, 0.15) is 0 Å². The Hall–Kier alpha value is -1.62. The van der Waals surface area contributed by atoms with Crippen molar-refractivity contribution in [3.63, 3.8) is 0 Å². The first-order valence-corrected chi connectivity index (χ1v) is 4.81. The summed E-state index contributed by atoms with van der Waals surface area (Å²) >= 11 is 1.35. The number of nitrogen functional groups attached to an aromatic ring is 1. The van der Waals surface area contributed by atoms with Gasteiger partial charge in [-0.1, -0.05) is 17.4 Å². The van der Waals surface area contributed by atoms with Crippen LogP contribution in [0.3, 0.4) is 0 Å². The van der Waals surface area contributed by atoms with Crippen LogP contribution in [0.15, 0.2) is 18.2 Å². The molecular formula is C9H7N2O2S-. The third-order valence-electron chi connectivity index (χ3n) is 1.82. The average Bonchev–Trinajstić information content (AvgIpc) is 2.42. The second-order valence-electron chi connectivity index (χ2n) is 2.90. The molecule has 72 valence electrons. The maximum atomic E-state index is 10.4. The van der Waals surface area contributed by atoms with Gasteiger partial charge in [0.25, 0.3) is 0 Å². The second kappa shape index (κ2) is 3.26. The number of anilines is 1. The molecule has 0 aliphatic carbocycles. The van der Waals surface area contributed by atoms with E-state index in [0.29, 0.717) is 10.7 Å².